The summed E-state index contributed by atoms with van der Waals surface area (Å²) in [4.78, 5) is 23.4. The van der Waals surface area contributed by atoms with E-state index in [-0.39, 0.29) is 11.8 Å². The Morgan fingerprint density at radius 3 is 2.19 bits per heavy atom. The summed E-state index contributed by atoms with van der Waals surface area (Å²) in [6.07, 6.45) is 6.90. The second-order valence-corrected chi connectivity index (χ2v) is 5.22. The fourth-order valence-corrected chi connectivity index (χ4v) is 2.04. The number of rotatable bonds is 8. The first-order chi connectivity index (χ1) is 10.2. The largest absolute Gasteiger partial charge is 0.273 e. The number of amides is 2. The molecule has 0 radical (unpaired) electrons. The molecule has 1 aromatic carbocycles. The molecule has 0 atom stereocenters. The number of carbonyl (C=O) groups is 2. The van der Waals surface area contributed by atoms with E-state index >= 15 is 0 Å². The molecule has 21 heavy (non-hydrogen) atoms. The zero-order valence-electron chi connectivity index (χ0n) is 13.1. The summed E-state index contributed by atoms with van der Waals surface area (Å²) >= 11 is 0. The summed E-state index contributed by atoms with van der Waals surface area (Å²) in [7, 11) is 0. The van der Waals surface area contributed by atoms with E-state index in [1.807, 2.05) is 12.1 Å². The maximum absolute atomic E-state index is 11.8. The number of benzene rings is 1. The highest BCUT2D eigenvalue weighted by molar-refractivity contribution is 5.95. The molecular weight excluding hydrogens is 264 g/mol. The second kappa shape index (κ2) is 9.97. The number of carbonyl (C=O) groups excluding carboxylic acids is 2. The van der Waals surface area contributed by atoms with Gasteiger partial charge in [0.05, 0.1) is 0 Å². The summed E-state index contributed by atoms with van der Waals surface area (Å²) in [5.74, 6) is -0.415. The van der Waals surface area contributed by atoms with Crippen LogP contribution in [0.5, 0.6) is 0 Å². The molecule has 0 saturated heterocycles. The Bertz CT molecular complexity index is 441. The number of unbranched alkanes of at least 4 members (excludes halogenated alkanes) is 4. The van der Waals surface area contributed by atoms with E-state index in [2.05, 4.69) is 24.7 Å². The van der Waals surface area contributed by atoms with Crippen molar-refractivity contribution < 1.29 is 9.59 Å². The highest BCUT2D eigenvalue weighted by Gasteiger charge is 2.07. The SMILES string of the molecule is CCCCCCCC(=O)NNC(=O)c1ccc(CC)cc1. The Balaban J connectivity index is 2.23. The van der Waals surface area contributed by atoms with Gasteiger partial charge in [-0.05, 0) is 30.5 Å². The summed E-state index contributed by atoms with van der Waals surface area (Å²) in [5.41, 5.74) is 6.65. The first kappa shape index (κ1) is 17.2. The van der Waals surface area contributed by atoms with Crippen molar-refractivity contribution in [1.82, 2.24) is 10.9 Å². The topological polar surface area (TPSA) is 58.2 Å². The van der Waals surface area contributed by atoms with Crippen LogP contribution in [-0.4, -0.2) is 11.8 Å². The lowest BCUT2D eigenvalue weighted by atomic mass is 10.1. The Hall–Kier alpha value is -1.84. The highest BCUT2D eigenvalue weighted by Crippen LogP contribution is 2.05. The van der Waals surface area contributed by atoms with Crippen LogP contribution in [0.4, 0.5) is 0 Å². The average Bonchev–Trinajstić information content (AvgIpc) is 2.52. The van der Waals surface area contributed by atoms with Gasteiger partial charge in [-0.15, -0.1) is 0 Å². The van der Waals surface area contributed by atoms with Crippen LogP contribution >= 0.6 is 0 Å². The number of hydrogen-bond donors (Lipinski definition) is 2. The van der Waals surface area contributed by atoms with E-state index in [0.29, 0.717) is 12.0 Å². The minimum absolute atomic E-state index is 0.134. The minimum Gasteiger partial charge on any atom is -0.273 e. The Morgan fingerprint density at radius 1 is 0.905 bits per heavy atom. The molecule has 1 rings (SSSR count). The quantitative estimate of drug-likeness (QED) is 0.569. The zero-order valence-corrected chi connectivity index (χ0v) is 13.1. The summed E-state index contributed by atoms with van der Waals surface area (Å²) < 4.78 is 0. The third-order valence-corrected chi connectivity index (χ3v) is 3.45. The van der Waals surface area contributed by atoms with E-state index in [9.17, 15) is 9.59 Å². The summed E-state index contributed by atoms with van der Waals surface area (Å²) in [5, 5.41) is 0. The van der Waals surface area contributed by atoms with Crippen LogP contribution in [0.15, 0.2) is 24.3 Å². The van der Waals surface area contributed by atoms with E-state index in [1.54, 1.807) is 12.1 Å². The van der Waals surface area contributed by atoms with Gasteiger partial charge >= 0.3 is 0 Å². The molecule has 2 N–H and O–H groups in total. The molecule has 0 aliphatic carbocycles. The second-order valence-electron chi connectivity index (χ2n) is 5.22. The predicted octanol–water partition coefficient (Wildman–Crippen LogP) is 3.37. The van der Waals surface area contributed by atoms with Gasteiger partial charge in [-0.2, -0.15) is 0 Å². The first-order valence-electron chi connectivity index (χ1n) is 7.85. The van der Waals surface area contributed by atoms with Crippen LogP contribution in [0.1, 0.15) is 68.3 Å². The van der Waals surface area contributed by atoms with Crippen LogP contribution in [0.25, 0.3) is 0 Å². The molecule has 0 unspecified atom stereocenters. The molecule has 4 heteroatoms. The Morgan fingerprint density at radius 2 is 1.57 bits per heavy atom. The van der Waals surface area contributed by atoms with Crippen molar-refractivity contribution in [3.05, 3.63) is 35.4 Å². The van der Waals surface area contributed by atoms with Gasteiger partial charge in [0.1, 0.15) is 0 Å². The molecule has 0 spiro atoms. The van der Waals surface area contributed by atoms with Crippen molar-refractivity contribution in [3.8, 4) is 0 Å². The van der Waals surface area contributed by atoms with Gasteiger partial charge in [0.2, 0.25) is 5.91 Å². The zero-order chi connectivity index (χ0) is 15.5. The lowest BCUT2D eigenvalue weighted by Gasteiger charge is -2.07. The van der Waals surface area contributed by atoms with Crippen LogP contribution in [0.2, 0.25) is 0 Å². The number of nitrogens with one attached hydrogen (secondary N) is 2. The van der Waals surface area contributed by atoms with Gasteiger partial charge in [-0.25, -0.2) is 0 Å². The van der Waals surface area contributed by atoms with Gasteiger partial charge in [-0.1, -0.05) is 51.7 Å². The molecule has 0 bridgehead atoms. The molecule has 1 aromatic rings. The monoisotopic (exact) mass is 290 g/mol. The van der Waals surface area contributed by atoms with Crippen LogP contribution < -0.4 is 10.9 Å². The van der Waals surface area contributed by atoms with Crippen LogP contribution in [0.3, 0.4) is 0 Å². The van der Waals surface area contributed by atoms with Gasteiger partial charge < -0.3 is 0 Å². The molecule has 4 nitrogen and oxygen atoms in total. The Labute approximate surface area is 127 Å². The maximum Gasteiger partial charge on any atom is 0.269 e. The summed E-state index contributed by atoms with van der Waals surface area (Å²) in [6, 6.07) is 7.38. The highest BCUT2D eigenvalue weighted by atomic mass is 16.2. The average molecular weight is 290 g/mol. The number of hydrazine groups is 1. The molecule has 116 valence electrons. The van der Waals surface area contributed by atoms with Crippen LogP contribution in [-0.2, 0) is 11.2 Å². The minimum atomic E-state index is -0.281. The fourth-order valence-electron chi connectivity index (χ4n) is 2.04. The smallest absolute Gasteiger partial charge is 0.269 e. The molecule has 0 fully saturated rings. The lowest BCUT2D eigenvalue weighted by molar-refractivity contribution is -0.122. The fraction of sp³-hybridized carbons (Fsp3) is 0.529. The van der Waals surface area contributed by atoms with Crippen molar-refractivity contribution in [2.75, 3.05) is 0 Å². The van der Waals surface area contributed by atoms with E-state index in [1.165, 1.54) is 24.8 Å². The molecule has 2 amide bonds. The molecule has 0 aliphatic rings. The Kier molecular flexibility index (Phi) is 8.17. The van der Waals surface area contributed by atoms with Gasteiger partial charge in [0, 0.05) is 12.0 Å². The standard InChI is InChI=1S/C17H26N2O2/c1-3-5-6-7-8-9-16(20)18-19-17(21)15-12-10-14(4-2)11-13-15/h10-13H,3-9H2,1-2H3,(H,18,20)(H,19,21). The van der Waals surface area contributed by atoms with Crippen molar-refractivity contribution in [2.45, 2.75) is 58.8 Å². The molecular formula is C17H26N2O2. The first-order valence-corrected chi connectivity index (χ1v) is 7.85. The van der Waals surface area contributed by atoms with Crippen LogP contribution in [0, 0.1) is 0 Å². The van der Waals surface area contributed by atoms with Crippen molar-refractivity contribution >= 4 is 11.8 Å². The molecule has 0 heterocycles. The van der Waals surface area contributed by atoms with E-state index < -0.39 is 0 Å². The summed E-state index contributed by atoms with van der Waals surface area (Å²) in [6.45, 7) is 4.23. The van der Waals surface area contributed by atoms with Crippen molar-refractivity contribution in [2.24, 2.45) is 0 Å². The van der Waals surface area contributed by atoms with Crippen molar-refractivity contribution in [1.29, 1.82) is 0 Å². The lowest BCUT2D eigenvalue weighted by Crippen LogP contribution is -2.41. The molecule has 0 aromatic heterocycles. The van der Waals surface area contributed by atoms with Gasteiger partial charge in [-0.3, -0.25) is 20.4 Å². The van der Waals surface area contributed by atoms with Crippen molar-refractivity contribution in [3.63, 3.8) is 0 Å². The number of hydrogen-bond acceptors (Lipinski definition) is 2. The predicted molar refractivity (Wildman–Crippen MR) is 84.8 cm³/mol. The third kappa shape index (κ3) is 6.93. The number of aryl methyl sites for hydroxylation is 1. The third-order valence-electron chi connectivity index (χ3n) is 3.45. The van der Waals surface area contributed by atoms with E-state index in [0.717, 1.165) is 19.3 Å². The van der Waals surface area contributed by atoms with Gasteiger partial charge in [0.15, 0.2) is 0 Å². The molecule has 0 saturated carbocycles. The van der Waals surface area contributed by atoms with E-state index in [4.69, 9.17) is 0 Å². The normalized spacial score (nSPS) is 10.2. The molecule has 0 aliphatic heterocycles. The maximum atomic E-state index is 11.8. The van der Waals surface area contributed by atoms with Gasteiger partial charge in [0.25, 0.3) is 5.91 Å².